The van der Waals surface area contributed by atoms with Crippen molar-refractivity contribution in [2.75, 3.05) is 19.7 Å². The van der Waals surface area contributed by atoms with E-state index in [-0.39, 0.29) is 28.6 Å². The van der Waals surface area contributed by atoms with E-state index in [2.05, 4.69) is 11.1 Å². The summed E-state index contributed by atoms with van der Waals surface area (Å²) in [5, 5.41) is 0. The van der Waals surface area contributed by atoms with Gasteiger partial charge in [-0.3, -0.25) is 4.98 Å². The van der Waals surface area contributed by atoms with Crippen LogP contribution in [0.15, 0.2) is 60.8 Å². The van der Waals surface area contributed by atoms with Gasteiger partial charge in [0.2, 0.25) is 0 Å². The lowest BCUT2D eigenvalue weighted by atomic mass is 9.82. The zero-order valence-corrected chi connectivity index (χ0v) is 24.7. The molecule has 1 aromatic heterocycles. The fourth-order valence-corrected chi connectivity index (χ4v) is 6.76. The Morgan fingerprint density at radius 3 is 2.37 bits per heavy atom. The molecule has 0 radical (unpaired) electrons. The number of halogens is 1. The van der Waals surface area contributed by atoms with Gasteiger partial charge in [0, 0.05) is 25.9 Å². The number of nitrogens with zero attached hydrogens (tertiary/aromatic N) is 2. The van der Waals surface area contributed by atoms with Crippen molar-refractivity contribution in [3.63, 3.8) is 0 Å². The highest BCUT2D eigenvalue weighted by Gasteiger charge is 2.41. The molecule has 41 heavy (non-hydrogen) atoms. The van der Waals surface area contributed by atoms with Crippen LogP contribution in [0.3, 0.4) is 0 Å². The second kappa shape index (κ2) is 11.4. The smallest absolute Gasteiger partial charge is 0.409 e. The van der Waals surface area contributed by atoms with Crippen LogP contribution in [0.4, 0.5) is 9.18 Å². The third-order valence-electron chi connectivity index (χ3n) is 7.63. The predicted molar refractivity (Wildman–Crippen MR) is 156 cm³/mol. The van der Waals surface area contributed by atoms with Gasteiger partial charge in [-0.25, -0.2) is 17.6 Å². The number of benzene rings is 2. The van der Waals surface area contributed by atoms with Crippen molar-refractivity contribution < 1.29 is 27.1 Å². The Balaban J connectivity index is 1.18. The minimum Gasteiger partial charge on any atom is -0.487 e. The van der Waals surface area contributed by atoms with Gasteiger partial charge in [-0.1, -0.05) is 51.1 Å². The Bertz CT molecular complexity index is 1490. The summed E-state index contributed by atoms with van der Waals surface area (Å²) in [6.07, 6.45) is 4.13. The number of rotatable bonds is 6. The van der Waals surface area contributed by atoms with Gasteiger partial charge in [-0.2, -0.15) is 0 Å². The summed E-state index contributed by atoms with van der Waals surface area (Å²) in [6.45, 7) is 7.78. The van der Waals surface area contributed by atoms with Gasteiger partial charge >= 0.3 is 6.09 Å². The van der Waals surface area contributed by atoms with Crippen molar-refractivity contribution in [2.24, 2.45) is 5.41 Å². The number of sulfone groups is 1. The highest BCUT2D eigenvalue weighted by atomic mass is 32.2. The molecule has 7 nitrogen and oxygen atoms in total. The quantitative estimate of drug-likeness (QED) is 0.338. The lowest BCUT2D eigenvalue weighted by Crippen LogP contribution is -2.51. The van der Waals surface area contributed by atoms with Crippen molar-refractivity contribution in [1.82, 2.24) is 9.88 Å². The standard InChI is InChI=1S/C32H37FN2O5S/c1-31(2,3)22-39-30(36)35-16-14-32(15-17-35)13-12-26-18-25(8-11-29(26)40-32)24-6-4-23(5-7-24)20-41(37,38)21-28-10-9-27(33)19-34-28/h4-11,18-19H,12-17,20-22H2,1-3H3. The van der Waals surface area contributed by atoms with Crippen LogP contribution in [-0.4, -0.2) is 49.7 Å². The number of pyridine rings is 1. The van der Waals surface area contributed by atoms with Crippen LogP contribution in [0.5, 0.6) is 5.75 Å². The summed E-state index contributed by atoms with van der Waals surface area (Å²) >= 11 is 0. The molecule has 3 aromatic rings. The van der Waals surface area contributed by atoms with Gasteiger partial charge in [0.1, 0.15) is 17.2 Å². The molecule has 9 heteroatoms. The lowest BCUT2D eigenvalue weighted by Gasteiger charge is -2.44. The summed E-state index contributed by atoms with van der Waals surface area (Å²) in [4.78, 5) is 18.1. The van der Waals surface area contributed by atoms with Gasteiger partial charge in [0.15, 0.2) is 9.84 Å². The Morgan fingerprint density at radius 2 is 1.71 bits per heavy atom. The first-order valence-corrected chi connectivity index (χ1v) is 15.8. The molecule has 2 aromatic carbocycles. The maximum Gasteiger partial charge on any atom is 0.409 e. The Morgan fingerprint density at radius 1 is 1.00 bits per heavy atom. The zero-order chi connectivity index (χ0) is 29.3. The number of carbonyl (C=O) groups is 1. The van der Waals surface area contributed by atoms with Gasteiger partial charge in [0.25, 0.3) is 0 Å². The number of aromatic nitrogens is 1. The number of piperidine rings is 1. The SMILES string of the molecule is CC(C)(C)COC(=O)N1CCC2(CCc3cc(-c4ccc(CS(=O)(=O)Cc5ccc(F)cn5)cc4)ccc3O2)CC1. The van der Waals surface area contributed by atoms with Crippen molar-refractivity contribution >= 4 is 15.9 Å². The molecule has 1 fully saturated rings. The van der Waals surface area contributed by atoms with Crippen LogP contribution in [0.1, 0.15) is 56.9 Å². The Hall–Kier alpha value is -3.46. The minimum atomic E-state index is -3.45. The van der Waals surface area contributed by atoms with Crippen molar-refractivity contribution in [2.45, 2.75) is 63.6 Å². The number of likely N-dealkylation sites (tertiary alicyclic amines) is 1. The van der Waals surface area contributed by atoms with Gasteiger partial charge in [-0.05, 0) is 64.8 Å². The number of carbonyl (C=O) groups excluding carboxylic acids is 1. The van der Waals surface area contributed by atoms with E-state index in [4.69, 9.17) is 9.47 Å². The van der Waals surface area contributed by atoms with Crippen molar-refractivity contribution in [3.05, 3.63) is 83.4 Å². The van der Waals surface area contributed by atoms with E-state index in [1.165, 1.54) is 12.1 Å². The van der Waals surface area contributed by atoms with Crippen molar-refractivity contribution in [3.8, 4) is 16.9 Å². The lowest BCUT2D eigenvalue weighted by molar-refractivity contribution is -0.0171. The molecule has 5 rings (SSSR count). The van der Waals surface area contributed by atoms with Crippen LogP contribution in [0.2, 0.25) is 0 Å². The number of aryl methyl sites for hydroxylation is 1. The molecule has 218 valence electrons. The number of fused-ring (bicyclic) bond motifs is 1. The van der Waals surface area contributed by atoms with E-state index >= 15 is 0 Å². The third-order valence-corrected chi connectivity index (χ3v) is 9.14. The van der Waals surface area contributed by atoms with Gasteiger partial charge < -0.3 is 14.4 Å². The second-order valence-electron chi connectivity index (χ2n) is 12.4. The summed E-state index contributed by atoms with van der Waals surface area (Å²) in [6, 6.07) is 16.3. The van der Waals surface area contributed by atoms with Crippen LogP contribution < -0.4 is 4.74 Å². The highest BCUT2D eigenvalue weighted by Crippen LogP contribution is 2.41. The van der Waals surface area contributed by atoms with Gasteiger partial charge in [0.05, 0.1) is 30.0 Å². The molecule has 3 heterocycles. The molecule has 0 aliphatic carbocycles. The van der Waals surface area contributed by atoms with E-state index < -0.39 is 15.7 Å². The second-order valence-corrected chi connectivity index (χ2v) is 14.5. The van der Waals surface area contributed by atoms with Crippen LogP contribution in [0, 0.1) is 11.2 Å². The first kappa shape index (κ1) is 29.0. The molecule has 1 amide bonds. The third kappa shape index (κ3) is 7.44. The van der Waals surface area contributed by atoms with Crippen LogP contribution >= 0.6 is 0 Å². The van der Waals surface area contributed by atoms with Crippen molar-refractivity contribution in [1.29, 1.82) is 0 Å². The molecular weight excluding hydrogens is 543 g/mol. The summed E-state index contributed by atoms with van der Waals surface area (Å²) in [5.74, 6) is 0.0469. The summed E-state index contributed by atoms with van der Waals surface area (Å²) in [5.41, 5.74) is 3.89. The molecule has 0 bridgehead atoms. The average molecular weight is 581 g/mol. The Labute approximate surface area is 241 Å². The van der Waals surface area contributed by atoms with Crippen LogP contribution in [0.25, 0.3) is 11.1 Å². The normalized spacial score (nSPS) is 16.6. The molecule has 0 saturated carbocycles. The highest BCUT2D eigenvalue weighted by molar-refractivity contribution is 7.89. The molecule has 2 aliphatic heterocycles. The molecule has 1 spiro atoms. The van der Waals surface area contributed by atoms with Crippen LogP contribution in [-0.2, 0) is 32.5 Å². The first-order valence-electron chi connectivity index (χ1n) is 14.0. The summed E-state index contributed by atoms with van der Waals surface area (Å²) in [7, 11) is -3.45. The summed E-state index contributed by atoms with van der Waals surface area (Å²) < 4.78 is 50.4. The molecule has 1 saturated heterocycles. The van der Waals surface area contributed by atoms with E-state index in [1.807, 2.05) is 57.2 Å². The van der Waals surface area contributed by atoms with E-state index in [1.54, 1.807) is 4.90 Å². The number of ether oxygens (including phenoxy) is 2. The molecule has 0 N–H and O–H groups in total. The minimum absolute atomic E-state index is 0.0610. The van der Waals surface area contributed by atoms with E-state index in [9.17, 15) is 17.6 Å². The van der Waals surface area contributed by atoms with Gasteiger partial charge in [-0.15, -0.1) is 0 Å². The van der Waals surface area contributed by atoms with E-state index in [0.717, 1.165) is 54.3 Å². The predicted octanol–water partition coefficient (Wildman–Crippen LogP) is 6.35. The monoisotopic (exact) mass is 580 g/mol. The number of amides is 1. The average Bonchev–Trinajstić information content (AvgIpc) is 2.93. The molecule has 0 unspecified atom stereocenters. The largest absolute Gasteiger partial charge is 0.487 e. The fourth-order valence-electron chi connectivity index (χ4n) is 5.33. The topological polar surface area (TPSA) is 85.8 Å². The molecule has 0 atom stereocenters. The zero-order valence-electron chi connectivity index (χ0n) is 23.9. The number of hydrogen-bond acceptors (Lipinski definition) is 6. The Kier molecular flexibility index (Phi) is 8.10. The number of hydrogen-bond donors (Lipinski definition) is 0. The first-order chi connectivity index (χ1) is 19.4. The molecular formula is C32H37FN2O5S. The maximum atomic E-state index is 13.1. The fraction of sp³-hybridized carbons (Fsp3) is 0.438. The van der Waals surface area contributed by atoms with E-state index in [0.29, 0.717) is 31.0 Å². The molecule has 2 aliphatic rings. The maximum absolute atomic E-state index is 13.1.